The van der Waals surface area contributed by atoms with Crippen molar-refractivity contribution in [3.8, 4) is 0 Å². The summed E-state index contributed by atoms with van der Waals surface area (Å²) >= 11 is 0. The molecule has 0 N–H and O–H groups in total. The highest BCUT2D eigenvalue weighted by Crippen LogP contribution is 2.51. The first-order valence-corrected chi connectivity index (χ1v) is 4.70. The number of halogens is 3. The molecule has 0 saturated carbocycles. The number of hydrogen-bond acceptors (Lipinski definition) is 1. The van der Waals surface area contributed by atoms with Gasteiger partial charge in [-0.25, -0.2) is 0 Å². The van der Waals surface area contributed by atoms with E-state index in [1.165, 1.54) is 6.07 Å². The van der Waals surface area contributed by atoms with Gasteiger partial charge in [0.25, 0.3) is 0 Å². The van der Waals surface area contributed by atoms with E-state index in [1.54, 1.807) is 25.1 Å². The van der Waals surface area contributed by atoms with E-state index in [0.717, 1.165) is 6.92 Å². The minimum Gasteiger partial charge on any atom is -0.353 e. The van der Waals surface area contributed by atoms with Gasteiger partial charge in [-0.3, -0.25) is 0 Å². The van der Waals surface area contributed by atoms with Crippen LogP contribution >= 0.6 is 0 Å². The topological polar surface area (TPSA) is 9.23 Å². The summed E-state index contributed by atoms with van der Waals surface area (Å²) in [7, 11) is 0. The van der Waals surface area contributed by atoms with Gasteiger partial charge in [-0.15, -0.1) is 0 Å². The quantitative estimate of drug-likeness (QED) is 0.644. The molecule has 0 spiro atoms. The van der Waals surface area contributed by atoms with Crippen molar-refractivity contribution < 1.29 is 17.9 Å². The van der Waals surface area contributed by atoms with E-state index in [1.807, 2.05) is 0 Å². The van der Waals surface area contributed by atoms with Gasteiger partial charge < -0.3 is 4.74 Å². The standard InChI is InChI=1S/C11H11F3O/c1-7-8-5-3-4-6-9(8)10(2,15-7)11(12,13)14/h3-7H,1-2H3. The van der Waals surface area contributed by atoms with Crippen molar-refractivity contribution in [3.05, 3.63) is 35.4 Å². The van der Waals surface area contributed by atoms with Gasteiger partial charge >= 0.3 is 6.18 Å². The molecule has 1 heterocycles. The van der Waals surface area contributed by atoms with Crippen LogP contribution in [0.5, 0.6) is 0 Å². The van der Waals surface area contributed by atoms with Gasteiger partial charge in [0.15, 0.2) is 5.60 Å². The Morgan fingerprint density at radius 2 is 1.87 bits per heavy atom. The summed E-state index contributed by atoms with van der Waals surface area (Å²) in [6.07, 6.45) is -4.89. The van der Waals surface area contributed by atoms with Gasteiger partial charge in [-0.05, 0) is 25.0 Å². The normalized spacial score (nSPS) is 30.3. The summed E-state index contributed by atoms with van der Waals surface area (Å²) in [6.45, 7) is 2.71. The zero-order chi connectivity index (χ0) is 11.3. The van der Waals surface area contributed by atoms with Gasteiger partial charge in [0.1, 0.15) is 0 Å². The summed E-state index contributed by atoms with van der Waals surface area (Å²) in [5.41, 5.74) is -1.31. The van der Waals surface area contributed by atoms with Crippen LogP contribution in [0.25, 0.3) is 0 Å². The fourth-order valence-electron chi connectivity index (χ4n) is 1.99. The van der Waals surface area contributed by atoms with E-state index in [0.29, 0.717) is 5.56 Å². The van der Waals surface area contributed by atoms with Crippen LogP contribution < -0.4 is 0 Å². The Morgan fingerprint density at radius 3 is 2.47 bits per heavy atom. The molecule has 15 heavy (non-hydrogen) atoms. The molecule has 0 bridgehead atoms. The largest absolute Gasteiger partial charge is 0.421 e. The van der Waals surface area contributed by atoms with Crippen molar-refractivity contribution in [2.45, 2.75) is 31.7 Å². The summed E-state index contributed by atoms with van der Waals surface area (Å²) in [5.74, 6) is 0. The summed E-state index contributed by atoms with van der Waals surface area (Å²) in [5, 5.41) is 0. The lowest BCUT2D eigenvalue weighted by Gasteiger charge is -2.28. The smallest absolute Gasteiger partial charge is 0.353 e. The van der Waals surface area contributed by atoms with E-state index in [4.69, 9.17) is 4.74 Å². The van der Waals surface area contributed by atoms with E-state index in [2.05, 4.69) is 0 Å². The number of fused-ring (bicyclic) bond motifs is 1. The Kier molecular flexibility index (Phi) is 2.08. The van der Waals surface area contributed by atoms with Crippen LogP contribution in [0.2, 0.25) is 0 Å². The van der Waals surface area contributed by atoms with Crippen molar-refractivity contribution in [2.24, 2.45) is 0 Å². The molecule has 0 radical (unpaired) electrons. The second-order valence-electron chi connectivity index (χ2n) is 3.88. The monoisotopic (exact) mass is 216 g/mol. The van der Waals surface area contributed by atoms with Crippen molar-refractivity contribution in [1.82, 2.24) is 0 Å². The summed E-state index contributed by atoms with van der Waals surface area (Å²) < 4.78 is 43.7. The van der Waals surface area contributed by atoms with Crippen molar-refractivity contribution in [2.75, 3.05) is 0 Å². The summed E-state index contributed by atoms with van der Waals surface area (Å²) in [4.78, 5) is 0. The van der Waals surface area contributed by atoms with E-state index in [9.17, 15) is 13.2 Å². The van der Waals surface area contributed by atoms with Gasteiger partial charge in [-0.2, -0.15) is 13.2 Å². The van der Waals surface area contributed by atoms with E-state index in [-0.39, 0.29) is 5.56 Å². The molecule has 1 aromatic rings. The van der Waals surface area contributed by atoms with E-state index >= 15 is 0 Å². The van der Waals surface area contributed by atoms with Crippen LogP contribution in [0, 0.1) is 0 Å². The molecule has 1 nitrogen and oxygen atoms in total. The Morgan fingerprint density at radius 1 is 1.27 bits per heavy atom. The molecule has 0 aliphatic carbocycles. The molecule has 2 atom stereocenters. The third kappa shape index (κ3) is 1.35. The minimum absolute atomic E-state index is 0.227. The molecular formula is C11H11F3O. The molecule has 0 fully saturated rings. The molecule has 4 heteroatoms. The summed E-state index contributed by atoms with van der Waals surface area (Å²) in [6, 6.07) is 6.48. The minimum atomic E-state index is -4.38. The van der Waals surface area contributed by atoms with Crippen LogP contribution in [0.4, 0.5) is 13.2 Å². The highest BCUT2D eigenvalue weighted by atomic mass is 19.4. The highest BCUT2D eigenvalue weighted by molar-refractivity contribution is 5.38. The van der Waals surface area contributed by atoms with Crippen molar-refractivity contribution in [1.29, 1.82) is 0 Å². The fourth-order valence-corrected chi connectivity index (χ4v) is 1.99. The molecule has 1 aromatic carbocycles. The number of hydrogen-bond donors (Lipinski definition) is 0. The maximum Gasteiger partial charge on any atom is 0.421 e. The Labute approximate surface area is 85.9 Å². The number of benzene rings is 1. The zero-order valence-corrected chi connectivity index (χ0v) is 8.43. The average molecular weight is 216 g/mol. The number of ether oxygens (including phenoxy) is 1. The molecule has 82 valence electrons. The fraction of sp³-hybridized carbons (Fsp3) is 0.455. The molecule has 0 amide bonds. The van der Waals surface area contributed by atoms with Gasteiger partial charge in [0, 0.05) is 0 Å². The predicted octanol–water partition coefficient (Wildman–Crippen LogP) is 3.56. The van der Waals surface area contributed by atoms with Gasteiger partial charge in [0.2, 0.25) is 0 Å². The average Bonchev–Trinajstić information content (AvgIpc) is 2.41. The third-order valence-corrected chi connectivity index (χ3v) is 2.87. The number of alkyl halides is 3. The molecule has 0 saturated heterocycles. The van der Waals surface area contributed by atoms with Crippen molar-refractivity contribution >= 4 is 0 Å². The van der Waals surface area contributed by atoms with E-state index < -0.39 is 17.9 Å². The first kappa shape index (κ1) is 10.5. The first-order valence-electron chi connectivity index (χ1n) is 4.70. The van der Waals surface area contributed by atoms with Gasteiger partial charge in [0.05, 0.1) is 6.10 Å². The second-order valence-corrected chi connectivity index (χ2v) is 3.88. The molecule has 1 aliphatic heterocycles. The Hall–Kier alpha value is -1.03. The lowest BCUT2D eigenvalue weighted by Crippen LogP contribution is -2.39. The van der Waals surface area contributed by atoms with Gasteiger partial charge in [-0.1, -0.05) is 24.3 Å². The van der Waals surface area contributed by atoms with Crippen LogP contribution in [-0.4, -0.2) is 6.18 Å². The molecule has 2 unspecified atom stereocenters. The van der Waals surface area contributed by atoms with Crippen LogP contribution in [0.1, 0.15) is 31.1 Å². The SMILES string of the molecule is CC1OC(C)(C(F)(F)F)c2ccccc21. The molecule has 2 rings (SSSR count). The Balaban J connectivity index is 2.58. The highest BCUT2D eigenvalue weighted by Gasteiger charge is 2.58. The lowest BCUT2D eigenvalue weighted by molar-refractivity contribution is -0.280. The molecule has 1 aliphatic rings. The maximum atomic E-state index is 12.9. The lowest BCUT2D eigenvalue weighted by atomic mass is 9.93. The first-order chi connectivity index (χ1) is 6.86. The Bertz CT molecular complexity index is 386. The third-order valence-electron chi connectivity index (χ3n) is 2.87. The van der Waals surface area contributed by atoms with Crippen molar-refractivity contribution in [3.63, 3.8) is 0 Å². The zero-order valence-electron chi connectivity index (χ0n) is 8.43. The van der Waals surface area contributed by atoms with Crippen LogP contribution in [0.15, 0.2) is 24.3 Å². The van der Waals surface area contributed by atoms with Crippen LogP contribution in [0.3, 0.4) is 0 Å². The predicted molar refractivity (Wildman–Crippen MR) is 49.3 cm³/mol. The second kappa shape index (κ2) is 2.98. The maximum absolute atomic E-state index is 12.9. The number of rotatable bonds is 0. The van der Waals surface area contributed by atoms with Crippen LogP contribution in [-0.2, 0) is 10.3 Å². The molecular weight excluding hydrogens is 205 g/mol. The molecule has 0 aromatic heterocycles.